The number of rotatable bonds is 16. The maximum Gasteiger partial charge on any atom is 0.475 e. The molecular weight excluding hydrogens is 706 g/mol. The summed E-state index contributed by atoms with van der Waals surface area (Å²) >= 11 is 0. The first kappa shape index (κ1) is 39.5. The van der Waals surface area contributed by atoms with Crippen molar-refractivity contribution in [2.45, 2.75) is 67.3 Å². The van der Waals surface area contributed by atoms with E-state index in [1.165, 1.54) is 60.7 Å². The van der Waals surface area contributed by atoms with Gasteiger partial charge in [-0.15, -0.1) is 0 Å². The van der Waals surface area contributed by atoms with Crippen LogP contribution in [0.2, 0.25) is 0 Å². The van der Waals surface area contributed by atoms with Crippen molar-refractivity contribution in [3.8, 4) is 0 Å². The molecule has 0 atom stereocenters. The zero-order chi connectivity index (χ0) is 35.7. The third-order valence-electron chi connectivity index (χ3n) is 5.92. The Morgan fingerprint density at radius 2 is 0.783 bits per heavy atom. The van der Waals surface area contributed by atoms with Gasteiger partial charge in [0, 0.05) is 6.42 Å². The summed E-state index contributed by atoms with van der Waals surface area (Å²) in [6, 6.07) is 14.1. The molecular formula is C24H18F17O4P. The Morgan fingerprint density at radius 3 is 1.13 bits per heavy atom. The fraction of sp³-hybridized carbons (Fsp3) is 0.500. The van der Waals surface area contributed by atoms with Crippen LogP contribution < -0.4 is 0 Å². The lowest BCUT2D eigenvalue weighted by Crippen LogP contribution is -2.74. The molecule has 0 N–H and O–H groups in total. The lowest BCUT2D eigenvalue weighted by atomic mass is 9.88. The van der Waals surface area contributed by atoms with Crippen molar-refractivity contribution in [2.24, 2.45) is 0 Å². The molecule has 0 bridgehead atoms. The minimum atomic E-state index is -8.73. The van der Waals surface area contributed by atoms with Crippen LogP contribution in [0.1, 0.15) is 17.5 Å². The summed E-state index contributed by atoms with van der Waals surface area (Å²) in [4.78, 5) is 0. The second kappa shape index (κ2) is 13.1. The van der Waals surface area contributed by atoms with Gasteiger partial charge in [0.2, 0.25) is 0 Å². The highest BCUT2D eigenvalue weighted by molar-refractivity contribution is 7.48. The van der Waals surface area contributed by atoms with Crippen molar-refractivity contribution in [3.63, 3.8) is 0 Å². The van der Waals surface area contributed by atoms with Gasteiger partial charge in [-0.25, -0.2) is 4.57 Å². The minimum absolute atomic E-state index is 0.210. The molecule has 2 rings (SSSR count). The summed E-state index contributed by atoms with van der Waals surface area (Å²) in [5, 5.41) is 0. The summed E-state index contributed by atoms with van der Waals surface area (Å²) in [5.74, 6) is -57.3. The fourth-order valence-electron chi connectivity index (χ4n) is 3.21. The number of hydrogen-bond donors (Lipinski definition) is 0. The molecule has 0 saturated carbocycles. The number of hydrogen-bond acceptors (Lipinski definition) is 4. The Hall–Kier alpha value is -2.64. The Labute approximate surface area is 247 Å². The van der Waals surface area contributed by atoms with Crippen LogP contribution in [0.3, 0.4) is 0 Å². The first-order chi connectivity index (χ1) is 20.6. The zero-order valence-electron chi connectivity index (χ0n) is 22.1. The van der Waals surface area contributed by atoms with Crippen LogP contribution in [0.4, 0.5) is 74.6 Å². The molecule has 2 aromatic carbocycles. The first-order valence-electron chi connectivity index (χ1n) is 11.9. The van der Waals surface area contributed by atoms with E-state index in [1.807, 2.05) is 0 Å². The van der Waals surface area contributed by atoms with Crippen LogP contribution in [-0.2, 0) is 31.4 Å². The van der Waals surface area contributed by atoms with Crippen molar-refractivity contribution in [3.05, 3.63) is 71.8 Å². The third-order valence-corrected chi connectivity index (χ3v) is 7.31. The monoisotopic (exact) mass is 724 g/mol. The van der Waals surface area contributed by atoms with Gasteiger partial charge in [-0.3, -0.25) is 13.6 Å². The van der Waals surface area contributed by atoms with Gasteiger partial charge in [-0.05, 0) is 11.1 Å². The molecule has 0 spiro atoms. The second-order valence-corrected chi connectivity index (χ2v) is 10.9. The molecule has 0 aromatic heterocycles. The maximum atomic E-state index is 14.2. The van der Waals surface area contributed by atoms with Crippen LogP contribution in [0.25, 0.3) is 0 Å². The van der Waals surface area contributed by atoms with E-state index in [-0.39, 0.29) is 11.1 Å². The Balaban J connectivity index is 2.33. The first-order valence-corrected chi connectivity index (χ1v) is 13.4. The van der Waals surface area contributed by atoms with Crippen molar-refractivity contribution in [2.75, 3.05) is 6.61 Å². The predicted molar refractivity (Wildman–Crippen MR) is 121 cm³/mol. The molecule has 0 saturated heterocycles. The molecule has 0 unspecified atom stereocenters. The molecule has 2 aromatic rings. The Bertz CT molecular complexity index is 1290. The van der Waals surface area contributed by atoms with Crippen LogP contribution >= 0.6 is 7.82 Å². The number of alkyl halides is 17. The molecule has 0 heterocycles. The highest BCUT2D eigenvalue weighted by Crippen LogP contribution is 2.64. The number of phosphoric ester groups is 1. The van der Waals surface area contributed by atoms with E-state index < -0.39 is 81.7 Å². The van der Waals surface area contributed by atoms with Gasteiger partial charge in [0.15, 0.2) is 0 Å². The summed E-state index contributed by atoms with van der Waals surface area (Å²) < 4.78 is 256. The van der Waals surface area contributed by atoms with Gasteiger partial charge >= 0.3 is 55.5 Å². The Morgan fingerprint density at radius 1 is 0.457 bits per heavy atom. The van der Waals surface area contributed by atoms with Crippen LogP contribution in [-0.4, -0.2) is 54.2 Å². The molecule has 4 nitrogen and oxygen atoms in total. The van der Waals surface area contributed by atoms with Crippen LogP contribution in [0.5, 0.6) is 0 Å². The predicted octanol–water partition coefficient (Wildman–Crippen LogP) is 9.94. The molecule has 0 aliphatic carbocycles. The van der Waals surface area contributed by atoms with Gasteiger partial charge in [-0.2, -0.15) is 74.6 Å². The highest BCUT2D eigenvalue weighted by Gasteiger charge is 2.95. The van der Waals surface area contributed by atoms with Crippen LogP contribution in [0, 0.1) is 0 Å². The van der Waals surface area contributed by atoms with E-state index in [2.05, 4.69) is 4.52 Å². The maximum absolute atomic E-state index is 14.2. The van der Waals surface area contributed by atoms with Crippen molar-refractivity contribution < 1.29 is 92.8 Å². The van der Waals surface area contributed by atoms with Gasteiger partial charge in [-0.1, -0.05) is 60.7 Å². The molecule has 0 aliphatic rings. The molecule has 262 valence electrons. The SMILES string of the molecule is O=P(OCCC(F)(F)C(F)(F)C(F)(F)C(F)(F)C(F)(F)C(F)(F)C(F)(F)C(F)(F)F)(OCc1ccccc1)OCc1ccccc1. The lowest BCUT2D eigenvalue weighted by molar-refractivity contribution is -0.461. The number of phosphoric acid groups is 1. The van der Waals surface area contributed by atoms with Crippen molar-refractivity contribution >= 4 is 7.82 Å². The van der Waals surface area contributed by atoms with Crippen molar-refractivity contribution in [1.82, 2.24) is 0 Å². The minimum Gasteiger partial charge on any atom is -0.287 e. The van der Waals surface area contributed by atoms with E-state index >= 15 is 0 Å². The van der Waals surface area contributed by atoms with Gasteiger partial charge in [0.05, 0.1) is 19.8 Å². The van der Waals surface area contributed by atoms with Crippen molar-refractivity contribution in [1.29, 1.82) is 0 Å². The van der Waals surface area contributed by atoms with Gasteiger partial charge < -0.3 is 0 Å². The molecule has 0 radical (unpaired) electrons. The molecule has 0 amide bonds. The summed E-state index contributed by atoms with van der Waals surface area (Å²) in [6.45, 7) is -3.55. The topological polar surface area (TPSA) is 44.8 Å². The van der Waals surface area contributed by atoms with Crippen LogP contribution in [0.15, 0.2) is 60.7 Å². The number of benzene rings is 2. The van der Waals surface area contributed by atoms with E-state index in [0.717, 1.165) is 0 Å². The molecule has 0 aliphatic heterocycles. The molecule has 46 heavy (non-hydrogen) atoms. The standard InChI is InChI=1S/C24H18F17O4P/c25-17(26,18(27,28)19(29,30)20(31,32)21(33,34)22(35,36)23(37,38)24(39,40)41)11-12-43-46(42,44-13-15-7-3-1-4-8-15)45-14-16-9-5-2-6-10-16/h1-10H,11-14H2. The van der Waals surface area contributed by atoms with E-state index in [0.29, 0.717) is 0 Å². The van der Waals surface area contributed by atoms with E-state index in [1.54, 1.807) is 0 Å². The van der Waals surface area contributed by atoms with E-state index in [4.69, 9.17) is 9.05 Å². The van der Waals surface area contributed by atoms with Gasteiger partial charge in [0.1, 0.15) is 0 Å². The molecule has 22 heteroatoms. The summed E-state index contributed by atoms with van der Waals surface area (Å²) in [7, 11) is -5.17. The fourth-order valence-corrected chi connectivity index (χ4v) is 4.36. The number of halogens is 17. The second-order valence-electron chi connectivity index (χ2n) is 9.20. The average Bonchev–Trinajstić information content (AvgIpc) is 2.95. The highest BCUT2D eigenvalue weighted by atomic mass is 31.2. The van der Waals surface area contributed by atoms with E-state index in [9.17, 15) is 79.2 Å². The molecule has 0 fully saturated rings. The normalized spacial score (nSPS) is 14.9. The Kier molecular flexibility index (Phi) is 11.3. The largest absolute Gasteiger partial charge is 0.475 e. The smallest absolute Gasteiger partial charge is 0.287 e. The average molecular weight is 724 g/mol. The summed E-state index contributed by atoms with van der Waals surface area (Å²) in [5.41, 5.74) is 0.421. The lowest BCUT2D eigenvalue weighted by Gasteiger charge is -2.42. The summed E-state index contributed by atoms with van der Waals surface area (Å²) in [6.07, 6.45) is -10.8. The third kappa shape index (κ3) is 7.26. The van der Waals surface area contributed by atoms with Gasteiger partial charge in [0.25, 0.3) is 0 Å². The quantitative estimate of drug-likeness (QED) is 0.128. The zero-order valence-corrected chi connectivity index (χ0v) is 23.0.